The molecule has 1 rings (SSSR count). The average Bonchev–Trinajstić information content (AvgIpc) is 2.46. The van der Waals surface area contributed by atoms with Gasteiger partial charge in [0.15, 0.2) is 12.4 Å². The fourth-order valence-electron chi connectivity index (χ4n) is 1.98. The summed E-state index contributed by atoms with van der Waals surface area (Å²) in [5.74, 6) is -0.273. The lowest BCUT2D eigenvalue weighted by Crippen LogP contribution is -3.00. The normalized spacial score (nSPS) is 9.76. The zero-order chi connectivity index (χ0) is 14.6. The first-order valence-corrected chi connectivity index (χ1v) is 7.47. The molecule has 1 heterocycles. The van der Waals surface area contributed by atoms with Crippen LogP contribution in [0.3, 0.4) is 0 Å². The maximum absolute atomic E-state index is 11.1. The van der Waals surface area contributed by atoms with Gasteiger partial charge in [-0.3, -0.25) is 0 Å². The summed E-state index contributed by atoms with van der Waals surface area (Å²) in [4.78, 5) is 11.1. The van der Waals surface area contributed by atoms with Crippen molar-refractivity contribution in [3.63, 3.8) is 0 Å². The molecule has 0 saturated carbocycles. The van der Waals surface area contributed by atoms with Crippen molar-refractivity contribution in [3.05, 3.63) is 42.7 Å². The molecule has 0 aliphatic heterocycles. The molecule has 118 valence electrons. The summed E-state index contributed by atoms with van der Waals surface area (Å²) in [7, 11) is 0. The number of carbonyl (C=O) groups is 1. The number of esters is 1. The topological polar surface area (TPSA) is 30.2 Å². The van der Waals surface area contributed by atoms with Gasteiger partial charge < -0.3 is 21.7 Å². The Bertz CT molecular complexity index is 407. The largest absolute Gasteiger partial charge is 1.00 e. The van der Waals surface area contributed by atoms with Gasteiger partial charge in [-0.25, -0.2) is 9.36 Å². The summed E-state index contributed by atoms with van der Waals surface area (Å²) < 4.78 is 7.27. The van der Waals surface area contributed by atoms with Crippen LogP contribution in [-0.4, -0.2) is 12.6 Å². The third kappa shape index (κ3) is 10.2. The van der Waals surface area contributed by atoms with Crippen LogP contribution in [0.1, 0.15) is 45.4 Å². The second-order valence-electron chi connectivity index (χ2n) is 5.15. The molecular weight excluding hydrogens is 330 g/mol. The number of hydrogen-bond acceptors (Lipinski definition) is 2. The van der Waals surface area contributed by atoms with E-state index in [0.717, 1.165) is 19.4 Å². The molecule has 0 radical (unpaired) electrons. The van der Waals surface area contributed by atoms with Crippen molar-refractivity contribution in [2.45, 2.75) is 52.0 Å². The molecule has 0 N–H and O–H groups in total. The Morgan fingerprint density at radius 2 is 1.57 bits per heavy atom. The van der Waals surface area contributed by atoms with E-state index in [1.54, 1.807) is 6.92 Å². The minimum Gasteiger partial charge on any atom is -1.00 e. The lowest BCUT2D eigenvalue weighted by molar-refractivity contribution is -0.697. The van der Waals surface area contributed by atoms with Crippen LogP contribution >= 0.6 is 0 Å². The lowest BCUT2D eigenvalue weighted by Gasteiger charge is -2.04. The number of ether oxygens (including phenoxy) is 1. The number of nitrogens with zero attached hydrogens (tertiary/aromatic N) is 1. The zero-order valence-electron chi connectivity index (χ0n) is 12.9. The number of unbranched alkanes of at least 4 members (excludes halogenated alkanes) is 5. The van der Waals surface area contributed by atoms with E-state index in [1.807, 2.05) is 6.07 Å². The molecule has 0 bridgehead atoms. The standard InChI is InChI=1S/C17H26NO2.BrH/c1-16(2)17(19)20-15-11-6-4-3-5-8-12-18-13-9-7-10-14-18;/h7,9-10,13-14H,1,3-6,8,11-12,15H2,2H3;1H/q+1;/p-1. The van der Waals surface area contributed by atoms with E-state index in [1.165, 1.54) is 25.7 Å². The smallest absolute Gasteiger partial charge is 0.333 e. The molecule has 0 atom stereocenters. The Hall–Kier alpha value is -1.16. The molecule has 1 aromatic rings. The summed E-state index contributed by atoms with van der Waals surface area (Å²) in [6.45, 7) is 6.84. The van der Waals surface area contributed by atoms with Crippen molar-refractivity contribution in [2.75, 3.05) is 6.61 Å². The van der Waals surface area contributed by atoms with Gasteiger partial charge in [0.05, 0.1) is 6.61 Å². The number of halogens is 1. The van der Waals surface area contributed by atoms with Crippen molar-refractivity contribution in [3.8, 4) is 0 Å². The molecular formula is C17H26BrNO2. The molecule has 0 unspecified atom stereocenters. The quantitative estimate of drug-likeness (QED) is 0.264. The number of pyridine rings is 1. The maximum atomic E-state index is 11.1. The van der Waals surface area contributed by atoms with Crippen LogP contribution < -0.4 is 21.5 Å². The van der Waals surface area contributed by atoms with Crippen LogP contribution in [0.5, 0.6) is 0 Å². The summed E-state index contributed by atoms with van der Waals surface area (Å²) in [5, 5.41) is 0. The highest BCUT2D eigenvalue weighted by Crippen LogP contribution is 2.06. The van der Waals surface area contributed by atoms with Gasteiger partial charge in [-0.05, 0) is 19.8 Å². The summed E-state index contributed by atoms with van der Waals surface area (Å²) >= 11 is 0. The third-order valence-corrected chi connectivity index (χ3v) is 3.17. The molecule has 0 saturated heterocycles. The van der Waals surface area contributed by atoms with Gasteiger partial charge in [-0.15, -0.1) is 0 Å². The van der Waals surface area contributed by atoms with Crippen LogP contribution in [0.2, 0.25) is 0 Å². The summed E-state index contributed by atoms with van der Waals surface area (Å²) in [6.07, 6.45) is 11.2. The molecule has 0 fully saturated rings. The Labute approximate surface area is 138 Å². The van der Waals surface area contributed by atoms with E-state index in [0.29, 0.717) is 12.2 Å². The fourth-order valence-corrected chi connectivity index (χ4v) is 1.98. The van der Waals surface area contributed by atoms with E-state index in [2.05, 4.69) is 35.7 Å². The first-order valence-electron chi connectivity index (χ1n) is 7.47. The molecule has 0 amide bonds. The maximum Gasteiger partial charge on any atom is 0.333 e. The molecule has 0 aliphatic rings. The highest BCUT2D eigenvalue weighted by molar-refractivity contribution is 5.86. The van der Waals surface area contributed by atoms with Crippen molar-refractivity contribution < 1.29 is 31.1 Å². The first kappa shape index (κ1) is 19.8. The van der Waals surface area contributed by atoms with E-state index in [4.69, 9.17) is 4.74 Å². The second-order valence-corrected chi connectivity index (χ2v) is 5.15. The zero-order valence-corrected chi connectivity index (χ0v) is 14.5. The molecule has 0 spiro atoms. The summed E-state index contributed by atoms with van der Waals surface area (Å²) in [5.41, 5.74) is 0.475. The van der Waals surface area contributed by atoms with E-state index >= 15 is 0 Å². The molecule has 3 nitrogen and oxygen atoms in total. The second kappa shape index (κ2) is 12.6. The van der Waals surface area contributed by atoms with Crippen LogP contribution in [0.25, 0.3) is 0 Å². The highest BCUT2D eigenvalue weighted by atomic mass is 79.9. The number of carbonyl (C=O) groups excluding carboxylic acids is 1. The first-order chi connectivity index (χ1) is 9.70. The predicted octanol–water partition coefficient (Wildman–Crippen LogP) is 0.438. The van der Waals surface area contributed by atoms with Gasteiger partial charge in [-0.2, -0.15) is 0 Å². The minimum atomic E-state index is -0.273. The Morgan fingerprint density at radius 3 is 2.19 bits per heavy atom. The lowest BCUT2D eigenvalue weighted by atomic mass is 10.1. The van der Waals surface area contributed by atoms with E-state index < -0.39 is 0 Å². The van der Waals surface area contributed by atoms with Crippen molar-refractivity contribution in [2.24, 2.45) is 0 Å². The Kier molecular flexibility index (Phi) is 11.9. The number of aryl methyl sites for hydroxylation is 1. The van der Waals surface area contributed by atoms with E-state index in [-0.39, 0.29) is 23.0 Å². The fraction of sp³-hybridized carbons (Fsp3) is 0.529. The van der Waals surface area contributed by atoms with Crippen molar-refractivity contribution in [1.82, 2.24) is 0 Å². The molecule has 0 aliphatic carbocycles. The number of aromatic nitrogens is 1. The monoisotopic (exact) mass is 355 g/mol. The average molecular weight is 356 g/mol. The molecule has 21 heavy (non-hydrogen) atoms. The Balaban J connectivity index is 0.00000400. The predicted molar refractivity (Wildman–Crippen MR) is 80.1 cm³/mol. The van der Waals surface area contributed by atoms with Crippen molar-refractivity contribution >= 4 is 5.97 Å². The van der Waals surface area contributed by atoms with Gasteiger partial charge >= 0.3 is 5.97 Å². The Morgan fingerprint density at radius 1 is 1.00 bits per heavy atom. The van der Waals surface area contributed by atoms with Crippen LogP contribution in [0.4, 0.5) is 0 Å². The van der Waals surface area contributed by atoms with Gasteiger partial charge in [0.2, 0.25) is 0 Å². The molecule has 0 aromatic carbocycles. The highest BCUT2D eigenvalue weighted by Gasteiger charge is 2.02. The number of hydrogen-bond donors (Lipinski definition) is 0. The minimum absolute atomic E-state index is 0. The van der Waals surface area contributed by atoms with Crippen molar-refractivity contribution in [1.29, 1.82) is 0 Å². The third-order valence-electron chi connectivity index (χ3n) is 3.17. The van der Waals surface area contributed by atoms with Gasteiger partial charge in [0.25, 0.3) is 0 Å². The molecule has 1 aromatic heterocycles. The van der Waals surface area contributed by atoms with Gasteiger partial charge in [-0.1, -0.05) is 31.9 Å². The summed E-state index contributed by atoms with van der Waals surface area (Å²) in [6, 6.07) is 6.16. The van der Waals surface area contributed by atoms with Crippen LogP contribution in [0, 0.1) is 0 Å². The SMILES string of the molecule is C=C(C)C(=O)OCCCCCCCC[n+]1ccccc1.[Br-]. The molecule has 4 heteroatoms. The van der Waals surface area contributed by atoms with Crippen LogP contribution in [-0.2, 0) is 16.1 Å². The number of rotatable bonds is 10. The van der Waals surface area contributed by atoms with Gasteiger partial charge in [0, 0.05) is 24.1 Å². The van der Waals surface area contributed by atoms with E-state index in [9.17, 15) is 4.79 Å². The van der Waals surface area contributed by atoms with Gasteiger partial charge in [0.1, 0.15) is 6.54 Å². The van der Waals surface area contributed by atoms with Crippen LogP contribution in [0.15, 0.2) is 42.7 Å².